The SMILES string of the molecule is CCOC(=O)CN1CCCC[C@H](NC(=O)[C@H](Cc2ccccc2)SC(C)=O)C1=O. The summed E-state index contributed by atoms with van der Waals surface area (Å²) in [5, 5.41) is 2.04. The number of rotatable bonds is 8. The lowest BCUT2D eigenvalue weighted by Gasteiger charge is -2.25. The molecule has 158 valence electrons. The molecule has 2 rings (SSSR count). The van der Waals surface area contributed by atoms with Crippen LogP contribution in [0, 0.1) is 0 Å². The number of hydrogen-bond acceptors (Lipinski definition) is 6. The van der Waals surface area contributed by atoms with Crippen LogP contribution in [-0.4, -0.2) is 58.8 Å². The van der Waals surface area contributed by atoms with E-state index >= 15 is 0 Å². The number of carbonyl (C=O) groups is 4. The van der Waals surface area contributed by atoms with Gasteiger partial charge in [0.05, 0.1) is 11.9 Å². The Kier molecular flexibility index (Phi) is 9.18. The molecule has 1 saturated heterocycles. The van der Waals surface area contributed by atoms with Crippen molar-refractivity contribution in [3.63, 3.8) is 0 Å². The molecule has 0 aromatic heterocycles. The van der Waals surface area contributed by atoms with Gasteiger partial charge in [-0.2, -0.15) is 0 Å². The topological polar surface area (TPSA) is 92.8 Å². The minimum absolute atomic E-state index is 0.116. The van der Waals surface area contributed by atoms with Gasteiger partial charge in [0.1, 0.15) is 12.6 Å². The highest BCUT2D eigenvalue weighted by Crippen LogP contribution is 2.19. The average Bonchev–Trinajstić information content (AvgIpc) is 2.84. The van der Waals surface area contributed by atoms with Crippen molar-refractivity contribution < 1.29 is 23.9 Å². The molecule has 1 heterocycles. The van der Waals surface area contributed by atoms with Gasteiger partial charge < -0.3 is 15.0 Å². The molecule has 1 N–H and O–H groups in total. The number of hydrogen-bond donors (Lipinski definition) is 1. The van der Waals surface area contributed by atoms with Gasteiger partial charge in [-0.1, -0.05) is 42.1 Å². The van der Waals surface area contributed by atoms with Crippen molar-refractivity contribution in [1.29, 1.82) is 0 Å². The van der Waals surface area contributed by atoms with Gasteiger partial charge >= 0.3 is 5.97 Å². The summed E-state index contributed by atoms with van der Waals surface area (Å²) in [4.78, 5) is 50.6. The standard InChI is InChI=1S/C21H28N2O5S/c1-3-28-19(25)14-23-12-8-7-11-17(21(23)27)22-20(26)18(29-15(2)24)13-16-9-5-4-6-10-16/h4-6,9-10,17-18H,3,7-8,11-14H2,1-2H3,(H,22,26)/t17-,18-/m0/s1. The Hall–Kier alpha value is -2.35. The van der Waals surface area contributed by atoms with Crippen molar-refractivity contribution in [2.45, 2.75) is 50.8 Å². The Morgan fingerprint density at radius 2 is 1.97 bits per heavy atom. The number of likely N-dealkylation sites (tertiary alicyclic amines) is 1. The molecule has 0 unspecified atom stereocenters. The Morgan fingerprint density at radius 3 is 2.62 bits per heavy atom. The zero-order valence-corrected chi connectivity index (χ0v) is 17.7. The van der Waals surface area contributed by atoms with Crippen LogP contribution in [0.25, 0.3) is 0 Å². The van der Waals surface area contributed by atoms with Gasteiger partial charge in [0.2, 0.25) is 11.8 Å². The van der Waals surface area contributed by atoms with Crippen molar-refractivity contribution in [1.82, 2.24) is 10.2 Å². The Morgan fingerprint density at radius 1 is 1.24 bits per heavy atom. The Labute approximate surface area is 175 Å². The van der Waals surface area contributed by atoms with Gasteiger partial charge in [0, 0.05) is 13.5 Å². The first-order valence-electron chi connectivity index (χ1n) is 9.86. The first-order valence-corrected chi connectivity index (χ1v) is 10.7. The number of nitrogens with zero attached hydrogens (tertiary/aromatic N) is 1. The average molecular weight is 421 g/mol. The monoisotopic (exact) mass is 420 g/mol. The van der Waals surface area contributed by atoms with Gasteiger partial charge in [0.25, 0.3) is 0 Å². The lowest BCUT2D eigenvalue weighted by Crippen LogP contribution is -2.51. The first kappa shape index (κ1) is 22.9. The van der Waals surface area contributed by atoms with Crippen LogP contribution in [0.4, 0.5) is 0 Å². The first-order chi connectivity index (χ1) is 13.9. The summed E-state index contributed by atoms with van der Waals surface area (Å²) in [6, 6.07) is 8.75. The van der Waals surface area contributed by atoms with E-state index in [4.69, 9.17) is 4.74 Å². The molecule has 0 bridgehead atoms. The summed E-state index contributed by atoms with van der Waals surface area (Å²) in [5.41, 5.74) is 0.942. The molecule has 2 atom stereocenters. The zero-order chi connectivity index (χ0) is 21.2. The normalized spacial score (nSPS) is 17.9. The number of amides is 2. The van der Waals surface area contributed by atoms with Crippen LogP contribution in [0.1, 0.15) is 38.7 Å². The highest BCUT2D eigenvalue weighted by molar-refractivity contribution is 8.14. The second-order valence-corrected chi connectivity index (χ2v) is 8.29. The molecule has 8 heteroatoms. The third-order valence-electron chi connectivity index (χ3n) is 4.59. The fourth-order valence-corrected chi connectivity index (χ4v) is 4.09. The van der Waals surface area contributed by atoms with Crippen LogP contribution in [-0.2, 0) is 30.3 Å². The molecule has 7 nitrogen and oxygen atoms in total. The molecule has 0 aliphatic carbocycles. The van der Waals surface area contributed by atoms with E-state index in [2.05, 4.69) is 5.32 Å². The van der Waals surface area contributed by atoms with Crippen molar-refractivity contribution in [3.8, 4) is 0 Å². The summed E-state index contributed by atoms with van der Waals surface area (Å²) < 4.78 is 4.94. The number of thioether (sulfide) groups is 1. The molecule has 1 aliphatic rings. The molecule has 0 saturated carbocycles. The molecular formula is C21H28N2O5S. The molecule has 1 aromatic rings. The lowest BCUT2D eigenvalue weighted by atomic mass is 10.1. The third kappa shape index (κ3) is 7.53. The van der Waals surface area contributed by atoms with Gasteiger partial charge in [-0.25, -0.2) is 0 Å². The predicted molar refractivity (Wildman–Crippen MR) is 111 cm³/mol. The highest BCUT2D eigenvalue weighted by atomic mass is 32.2. The van der Waals surface area contributed by atoms with Crippen molar-refractivity contribution in [2.24, 2.45) is 0 Å². The van der Waals surface area contributed by atoms with Crippen molar-refractivity contribution in [2.75, 3.05) is 19.7 Å². The minimum atomic E-state index is -0.703. The molecule has 1 fully saturated rings. The van der Waals surface area contributed by atoms with Crippen LogP contribution in [0.2, 0.25) is 0 Å². The van der Waals surface area contributed by atoms with Crippen LogP contribution >= 0.6 is 11.8 Å². The van der Waals surface area contributed by atoms with E-state index in [0.717, 1.165) is 30.2 Å². The molecule has 0 radical (unpaired) electrons. The van der Waals surface area contributed by atoms with E-state index in [9.17, 15) is 19.2 Å². The second-order valence-electron chi connectivity index (χ2n) is 6.91. The van der Waals surface area contributed by atoms with E-state index in [1.807, 2.05) is 30.3 Å². The largest absolute Gasteiger partial charge is 0.465 e. The third-order valence-corrected chi connectivity index (χ3v) is 5.58. The fraction of sp³-hybridized carbons (Fsp3) is 0.524. The fourth-order valence-electron chi connectivity index (χ4n) is 3.24. The number of benzene rings is 1. The number of carbonyl (C=O) groups excluding carboxylic acids is 4. The molecule has 2 amide bonds. The number of esters is 1. The molecule has 1 aromatic carbocycles. The molecule has 1 aliphatic heterocycles. The summed E-state index contributed by atoms with van der Waals surface area (Å²) in [6.07, 6.45) is 2.42. The summed E-state index contributed by atoms with van der Waals surface area (Å²) >= 11 is 0.966. The molecule has 0 spiro atoms. The maximum absolute atomic E-state index is 12.9. The Balaban J connectivity index is 2.06. The quantitative estimate of drug-likeness (QED) is 0.646. The van der Waals surface area contributed by atoms with E-state index in [1.165, 1.54) is 11.8 Å². The van der Waals surface area contributed by atoms with Gasteiger partial charge in [-0.05, 0) is 38.2 Å². The minimum Gasteiger partial charge on any atom is -0.465 e. The van der Waals surface area contributed by atoms with Gasteiger partial charge in [0.15, 0.2) is 5.12 Å². The van der Waals surface area contributed by atoms with E-state index in [0.29, 0.717) is 19.4 Å². The van der Waals surface area contributed by atoms with Crippen LogP contribution < -0.4 is 5.32 Å². The zero-order valence-electron chi connectivity index (χ0n) is 16.9. The Bertz CT molecular complexity index is 725. The van der Waals surface area contributed by atoms with Crippen molar-refractivity contribution >= 4 is 34.7 Å². The maximum Gasteiger partial charge on any atom is 0.325 e. The number of ether oxygens (including phenoxy) is 1. The second kappa shape index (κ2) is 11.6. The van der Waals surface area contributed by atoms with Crippen molar-refractivity contribution in [3.05, 3.63) is 35.9 Å². The highest BCUT2D eigenvalue weighted by Gasteiger charge is 2.32. The van der Waals surface area contributed by atoms with E-state index < -0.39 is 17.3 Å². The lowest BCUT2D eigenvalue weighted by molar-refractivity contribution is -0.149. The smallest absolute Gasteiger partial charge is 0.325 e. The van der Waals surface area contributed by atoms with Crippen LogP contribution in [0.3, 0.4) is 0 Å². The van der Waals surface area contributed by atoms with Gasteiger partial charge in [-0.15, -0.1) is 0 Å². The summed E-state index contributed by atoms with van der Waals surface area (Å²) in [6.45, 7) is 3.73. The van der Waals surface area contributed by atoms with Crippen LogP contribution in [0.15, 0.2) is 30.3 Å². The van der Waals surface area contributed by atoms with Crippen LogP contribution in [0.5, 0.6) is 0 Å². The predicted octanol–water partition coefficient (Wildman–Crippen LogP) is 1.94. The van der Waals surface area contributed by atoms with Gasteiger partial charge in [-0.3, -0.25) is 19.2 Å². The van der Waals surface area contributed by atoms with E-state index in [-0.39, 0.29) is 30.1 Å². The molecular weight excluding hydrogens is 392 g/mol. The number of nitrogens with one attached hydrogen (secondary N) is 1. The molecule has 29 heavy (non-hydrogen) atoms. The summed E-state index contributed by atoms with van der Waals surface area (Å²) in [5.74, 6) is -1.08. The van der Waals surface area contributed by atoms with E-state index in [1.54, 1.807) is 6.92 Å². The maximum atomic E-state index is 12.9. The summed E-state index contributed by atoms with van der Waals surface area (Å²) in [7, 11) is 0.